The van der Waals surface area contributed by atoms with Gasteiger partial charge in [0.2, 0.25) is 0 Å². The van der Waals surface area contributed by atoms with E-state index in [4.69, 9.17) is 4.74 Å². The maximum atomic E-state index is 11.1. The zero-order chi connectivity index (χ0) is 14.7. The third kappa shape index (κ3) is 2.91. The molecule has 2 rings (SSSR count). The molecule has 20 heavy (non-hydrogen) atoms. The van der Waals surface area contributed by atoms with Crippen LogP contribution in [0.25, 0.3) is 0 Å². The Labute approximate surface area is 125 Å². The Kier molecular flexibility index (Phi) is 4.24. The van der Waals surface area contributed by atoms with Crippen molar-refractivity contribution in [1.82, 2.24) is 0 Å². The maximum absolute atomic E-state index is 11.1. The molecular formula is C14H13BrN2O3. The van der Waals surface area contributed by atoms with Gasteiger partial charge in [-0.05, 0) is 36.4 Å². The van der Waals surface area contributed by atoms with Crippen LogP contribution in [-0.2, 0) is 0 Å². The third-order valence-corrected chi connectivity index (χ3v) is 3.45. The standard InChI is InChI=1S/C14H13BrN2O3/c1-16(11-4-6-12(20-2)7-5-11)13-8-3-10(15)9-14(13)17(18)19/h3-9H,1-2H3. The van der Waals surface area contributed by atoms with Crippen molar-refractivity contribution in [3.8, 4) is 5.75 Å². The van der Waals surface area contributed by atoms with Gasteiger partial charge >= 0.3 is 0 Å². The van der Waals surface area contributed by atoms with Crippen LogP contribution in [0.2, 0.25) is 0 Å². The van der Waals surface area contributed by atoms with E-state index in [-0.39, 0.29) is 10.6 Å². The number of nitro benzene ring substituents is 1. The first-order valence-corrected chi connectivity index (χ1v) is 6.64. The summed E-state index contributed by atoms with van der Waals surface area (Å²) < 4.78 is 5.78. The first-order valence-electron chi connectivity index (χ1n) is 5.84. The molecule has 0 saturated carbocycles. The average Bonchev–Trinajstić information content (AvgIpc) is 2.46. The number of rotatable bonds is 4. The van der Waals surface area contributed by atoms with Gasteiger partial charge in [0.15, 0.2) is 0 Å². The lowest BCUT2D eigenvalue weighted by molar-refractivity contribution is -0.384. The number of ether oxygens (including phenoxy) is 1. The molecule has 0 spiro atoms. The lowest BCUT2D eigenvalue weighted by Gasteiger charge is -2.19. The molecule has 2 aromatic rings. The monoisotopic (exact) mass is 336 g/mol. The van der Waals surface area contributed by atoms with Crippen LogP contribution < -0.4 is 9.64 Å². The van der Waals surface area contributed by atoms with E-state index in [1.54, 1.807) is 31.2 Å². The van der Waals surface area contributed by atoms with Crippen LogP contribution in [0.1, 0.15) is 0 Å². The van der Waals surface area contributed by atoms with Crippen molar-refractivity contribution < 1.29 is 9.66 Å². The number of benzene rings is 2. The third-order valence-electron chi connectivity index (χ3n) is 2.96. The SMILES string of the molecule is COc1ccc(N(C)c2ccc(Br)cc2[N+](=O)[O-])cc1. The van der Waals surface area contributed by atoms with Gasteiger partial charge in [-0.3, -0.25) is 10.1 Å². The number of hydrogen-bond acceptors (Lipinski definition) is 4. The first kappa shape index (κ1) is 14.3. The summed E-state index contributed by atoms with van der Waals surface area (Å²) in [6.45, 7) is 0. The molecule has 0 bridgehead atoms. The second-order valence-electron chi connectivity index (χ2n) is 4.15. The van der Waals surface area contributed by atoms with Crippen LogP contribution in [0.15, 0.2) is 46.9 Å². The van der Waals surface area contributed by atoms with Crippen molar-refractivity contribution >= 4 is 33.0 Å². The summed E-state index contributed by atoms with van der Waals surface area (Å²) in [5.74, 6) is 0.743. The molecule has 0 radical (unpaired) electrons. The Balaban J connectivity index is 2.41. The molecule has 0 aromatic heterocycles. The summed E-state index contributed by atoms with van der Waals surface area (Å²) in [4.78, 5) is 12.5. The van der Waals surface area contributed by atoms with Gasteiger partial charge in [-0.2, -0.15) is 0 Å². The van der Waals surface area contributed by atoms with E-state index in [1.165, 1.54) is 6.07 Å². The molecule has 0 N–H and O–H groups in total. The number of nitrogens with zero attached hydrogens (tertiary/aromatic N) is 2. The van der Waals surface area contributed by atoms with Gasteiger partial charge in [0.1, 0.15) is 11.4 Å². The molecule has 0 heterocycles. The Hall–Kier alpha value is -2.08. The van der Waals surface area contributed by atoms with Crippen LogP contribution in [0.3, 0.4) is 0 Å². The quantitative estimate of drug-likeness (QED) is 0.622. The fourth-order valence-electron chi connectivity index (χ4n) is 1.87. The van der Waals surface area contributed by atoms with Crippen molar-refractivity contribution in [3.05, 3.63) is 57.1 Å². The highest BCUT2D eigenvalue weighted by atomic mass is 79.9. The molecule has 5 nitrogen and oxygen atoms in total. The van der Waals surface area contributed by atoms with Gasteiger partial charge in [-0.25, -0.2) is 0 Å². The molecule has 0 unspecified atom stereocenters. The predicted molar refractivity (Wildman–Crippen MR) is 81.9 cm³/mol. The summed E-state index contributed by atoms with van der Waals surface area (Å²) in [6, 6.07) is 12.3. The molecular weight excluding hydrogens is 324 g/mol. The number of halogens is 1. The highest BCUT2D eigenvalue weighted by Crippen LogP contribution is 2.34. The number of hydrogen-bond donors (Lipinski definition) is 0. The molecule has 6 heteroatoms. The Morgan fingerprint density at radius 2 is 1.85 bits per heavy atom. The largest absolute Gasteiger partial charge is 0.497 e. The van der Waals surface area contributed by atoms with Crippen molar-refractivity contribution in [1.29, 1.82) is 0 Å². The number of nitro groups is 1. The van der Waals surface area contributed by atoms with Crippen molar-refractivity contribution in [3.63, 3.8) is 0 Å². The van der Waals surface area contributed by atoms with E-state index >= 15 is 0 Å². The second-order valence-corrected chi connectivity index (χ2v) is 5.06. The van der Waals surface area contributed by atoms with Gasteiger partial charge in [-0.1, -0.05) is 15.9 Å². The van der Waals surface area contributed by atoms with Crippen LogP contribution in [-0.4, -0.2) is 19.1 Å². The molecule has 0 aliphatic carbocycles. The smallest absolute Gasteiger partial charge is 0.293 e. The van der Waals surface area contributed by atoms with Crippen LogP contribution in [0.4, 0.5) is 17.1 Å². The first-order chi connectivity index (χ1) is 9.52. The molecule has 0 saturated heterocycles. The predicted octanol–water partition coefficient (Wildman–Crippen LogP) is 4.13. The van der Waals surface area contributed by atoms with Crippen molar-refractivity contribution in [2.75, 3.05) is 19.1 Å². The van der Waals surface area contributed by atoms with Gasteiger partial charge in [-0.15, -0.1) is 0 Å². The normalized spacial score (nSPS) is 10.2. The zero-order valence-corrected chi connectivity index (χ0v) is 12.6. The lowest BCUT2D eigenvalue weighted by atomic mass is 10.2. The van der Waals surface area contributed by atoms with Gasteiger partial charge < -0.3 is 9.64 Å². The van der Waals surface area contributed by atoms with Gasteiger partial charge in [0, 0.05) is 23.3 Å². The molecule has 104 valence electrons. The number of anilines is 2. The Bertz CT molecular complexity index is 629. The zero-order valence-electron chi connectivity index (χ0n) is 11.0. The van der Waals surface area contributed by atoms with Crippen molar-refractivity contribution in [2.24, 2.45) is 0 Å². The van der Waals surface area contributed by atoms with Gasteiger partial charge in [0.05, 0.1) is 12.0 Å². The van der Waals surface area contributed by atoms with E-state index in [0.717, 1.165) is 11.4 Å². The Morgan fingerprint density at radius 3 is 2.40 bits per heavy atom. The maximum Gasteiger partial charge on any atom is 0.293 e. The minimum atomic E-state index is -0.389. The lowest BCUT2D eigenvalue weighted by Crippen LogP contribution is -2.11. The summed E-state index contributed by atoms with van der Waals surface area (Å²) >= 11 is 3.25. The van der Waals surface area contributed by atoms with Crippen LogP contribution >= 0.6 is 15.9 Å². The average molecular weight is 337 g/mol. The van der Waals surface area contributed by atoms with E-state index < -0.39 is 0 Å². The van der Waals surface area contributed by atoms with Gasteiger partial charge in [0.25, 0.3) is 5.69 Å². The number of methoxy groups -OCH3 is 1. The molecule has 0 atom stereocenters. The molecule has 2 aromatic carbocycles. The van der Waals surface area contributed by atoms with Crippen molar-refractivity contribution in [2.45, 2.75) is 0 Å². The minimum Gasteiger partial charge on any atom is -0.497 e. The molecule has 0 aliphatic rings. The second kappa shape index (κ2) is 5.92. The minimum absolute atomic E-state index is 0.0534. The summed E-state index contributed by atoms with van der Waals surface area (Å²) in [7, 11) is 3.39. The van der Waals surface area contributed by atoms with Crippen LogP contribution in [0, 0.1) is 10.1 Å². The molecule has 0 amide bonds. The fraction of sp³-hybridized carbons (Fsp3) is 0.143. The summed E-state index contributed by atoms with van der Waals surface area (Å²) in [5, 5.41) is 11.1. The summed E-state index contributed by atoms with van der Waals surface area (Å²) in [5.41, 5.74) is 1.43. The molecule has 0 aliphatic heterocycles. The Morgan fingerprint density at radius 1 is 1.20 bits per heavy atom. The van der Waals surface area contributed by atoms with E-state index in [2.05, 4.69) is 15.9 Å². The summed E-state index contributed by atoms with van der Waals surface area (Å²) in [6.07, 6.45) is 0. The highest BCUT2D eigenvalue weighted by Gasteiger charge is 2.18. The fourth-order valence-corrected chi connectivity index (χ4v) is 2.22. The topological polar surface area (TPSA) is 55.6 Å². The molecule has 0 fully saturated rings. The van der Waals surface area contributed by atoms with Crippen LogP contribution in [0.5, 0.6) is 5.75 Å². The highest BCUT2D eigenvalue weighted by molar-refractivity contribution is 9.10. The van der Waals surface area contributed by atoms with E-state index in [9.17, 15) is 10.1 Å². The van der Waals surface area contributed by atoms with E-state index in [0.29, 0.717) is 10.2 Å². The van der Waals surface area contributed by atoms with E-state index in [1.807, 2.05) is 24.3 Å².